The Morgan fingerprint density at radius 3 is 2.70 bits per heavy atom. The van der Waals surface area contributed by atoms with Gasteiger partial charge in [0.2, 0.25) is 11.7 Å². The van der Waals surface area contributed by atoms with Crippen LogP contribution in [0.15, 0.2) is 47.0 Å². The standard InChI is InChI=1S/C20H17Cl2N3O2/c1-12-4-2-5-13(8-12)18-23-19(27-24-18)17-6-3-7-25(17)20(26)14-9-15(21)11-16(22)10-14/h2,4-5,8-11,17H,3,6-7H2,1H3. The number of aryl methyl sites for hydroxylation is 1. The minimum Gasteiger partial charge on any atom is -0.337 e. The summed E-state index contributed by atoms with van der Waals surface area (Å²) in [5.41, 5.74) is 2.47. The minimum absolute atomic E-state index is 0.141. The van der Waals surface area contributed by atoms with Crippen molar-refractivity contribution in [3.05, 3.63) is 69.5 Å². The Morgan fingerprint density at radius 2 is 1.96 bits per heavy atom. The van der Waals surface area contributed by atoms with Gasteiger partial charge < -0.3 is 9.42 Å². The maximum absolute atomic E-state index is 13.0. The lowest BCUT2D eigenvalue weighted by Gasteiger charge is -2.22. The molecule has 2 aromatic carbocycles. The number of benzene rings is 2. The summed E-state index contributed by atoms with van der Waals surface area (Å²) in [7, 11) is 0. The number of halogens is 2. The van der Waals surface area contributed by atoms with Crippen molar-refractivity contribution in [3.63, 3.8) is 0 Å². The van der Waals surface area contributed by atoms with Gasteiger partial charge in [-0.15, -0.1) is 0 Å². The van der Waals surface area contributed by atoms with Crippen molar-refractivity contribution < 1.29 is 9.32 Å². The molecule has 1 unspecified atom stereocenters. The van der Waals surface area contributed by atoms with Crippen molar-refractivity contribution in [2.75, 3.05) is 6.54 Å². The van der Waals surface area contributed by atoms with Gasteiger partial charge in [0.25, 0.3) is 5.91 Å². The van der Waals surface area contributed by atoms with Crippen molar-refractivity contribution in [2.45, 2.75) is 25.8 Å². The molecule has 0 saturated carbocycles. The second-order valence-corrected chi connectivity index (χ2v) is 7.51. The highest BCUT2D eigenvalue weighted by atomic mass is 35.5. The number of carbonyl (C=O) groups excluding carboxylic acids is 1. The van der Waals surface area contributed by atoms with Gasteiger partial charge in [-0.1, -0.05) is 52.1 Å². The number of nitrogens with zero attached hydrogens (tertiary/aromatic N) is 3. The van der Waals surface area contributed by atoms with Crippen LogP contribution < -0.4 is 0 Å². The van der Waals surface area contributed by atoms with E-state index in [-0.39, 0.29) is 11.9 Å². The molecular formula is C20H17Cl2N3O2. The first-order chi connectivity index (χ1) is 13.0. The number of likely N-dealkylation sites (tertiary alicyclic amines) is 1. The van der Waals surface area contributed by atoms with E-state index in [1.165, 1.54) is 0 Å². The van der Waals surface area contributed by atoms with Gasteiger partial charge in [0.05, 0.1) is 0 Å². The first kappa shape index (κ1) is 18.0. The SMILES string of the molecule is Cc1cccc(-c2noc(C3CCCN3C(=O)c3cc(Cl)cc(Cl)c3)n2)c1. The molecule has 138 valence electrons. The van der Waals surface area contributed by atoms with Crippen LogP contribution in [0.2, 0.25) is 10.0 Å². The monoisotopic (exact) mass is 401 g/mol. The quantitative estimate of drug-likeness (QED) is 0.594. The van der Waals surface area contributed by atoms with Gasteiger partial charge in [-0.25, -0.2) is 0 Å². The van der Waals surface area contributed by atoms with E-state index in [1.807, 2.05) is 31.2 Å². The smallest absolute Gasteiger partial charge is 0.254 e. The average Bonchev–Trinajstić information content (AvgIpc) is 3.29. The van der Waals surface area contributed by atoms with Crippen molar-refractivity contribution >= 4 is 29.1 Å². The van der Waals surface area contributed by atoms with E-state index in [2.05, 4.69) is 10.1 Å². The van der Waals surface area contributed by atoms with E-state index in [9.17, 15) is 4.79 Å². The van der Waals surface area contributed by atoms with Gasteiger partial charge in [-0.05, 0) is 44.0 Å². The van der Waals surface area contributed by atoms with Crippen LogP contribution >= 0.6 is 23.2 Å². The topological polar surface area (TPSA) is 59.2 Å². The largest absolute Gasteiger partial charge is 0.337 e. The normalized spacial score (nSPS) is 16.7. The predicted molar refractivity (Wildman–Crippen MR) is 104 cm³/mol. The number of hydrogen-bond donors (Lipinski definition) is 0. The predicted octanol–water partition coefficient (Wildman–Crippen LogP) is 5.33. The molecule has 1 aromatic heterocycles. The molecule has 0 N–H and O–H groups in total. The molecule has 2 heterocycles. The van der Waals surface area contributed by atoms with Gasteiger partial charge in [0.1, 0.15) is 6.04 Å². The zero-order chi connectivity index (χ0) is 19.0. The van der Waals surface area contributed by atoms with Gasteiger partial charge in [0, 0.05) is 27.7 Å². The summed E-state index contributed by atoms with van der Waals surface area (Å²) in [5, 5.41) is 4.96. The molecule has 1 saturated heterocycles. The van der Waals surface area contributed by atoms with Crippen molar-refractivity contribution in [3.8, 4) is 11.4 Å². The third-order valence-corrected chi connectivity index (χ3v) is 5.06. The molecule has 7 heteroatoms. The lowest BCUT2D eigenvalue weighted by molar-refractivity contribution is 0.0710. The molecule has 5 nitrogen and oxygen atoms in total. The lowest BCUT2D eigenvalue weighted by Crippen LogP contribution is -2.30. The van der Waals surface area contributed by atoms with E-state index >= 15 is 0 Å². The molecule has 4 rings (SSSR count). The molecule has 0 aliphatic carbocycles. The number of amides is 1. The van der Waals surface area contributed by atoms with Gasteiger partial charge in [-0.3, -0.25) is 4.79 Å². The highest BCUT2D eigenvalue weighted by Gasteiger charge is 2.34. The molecule has 3 aromatic rings. The zero-order valence-corrected chi connectivity index (χ0v) is 16.2. The maximum Gasteiger partial charge on any atom is 0.254 e. The Labute approximate surface area is 166 Å². The molecule has 27 heavy (non-hydrogen) atoms. The summed E-state index contributed by atoms with van der Waals surface area (Å²) in [4.78, 5) is 19.3. The second kappa shape index (κ2) is 7.33. The number of aromatic nitrogens is 2. The molecule has 1 atom stereocenters. The molecule has 1 aliphatic heterocycles. The van der Waals surface area contributed by atoms with Crippen LogP contribution in [-0.4, -0.2) is 27.5 Å². The third-order valence-electron chi connectivity index (χ3n) is 4.63. The van der Waals surface area contributed by atoms with Crippen LogP contribution in [0.5, 0.6) is 0 Å². The summed E-state index contributed by atoms with van der Waals surface area (Å²) < 4.78 is 5.50. The molecule has 1 aliphatic rings. The van der Waals surface area contributed by atoms with Crippen molar-refractivity contribution in [1.29, 1.82) is 0 Å². The van der Waals surface area contributed by atoms with Gasteiger partial charge in [-0.2, -0.15) is 4.98 Å². The number of rotatable bonds is 3. The Bertz CT molecular complexity index is 982. The lowest BCUT2D eigenvalue weighted by atomic mass is 10.1. The first-order valence-corrected chi connectivity index (χ1v) is 9.44. The summed E-state index contributed by atoms with van der Waals surface area (Å²) >= 11 is 12.1. The van der Waals surface area contributed by atoms with E-state index in [1.54, 1.807) is 23.1 Å². The van der Waals surface area contributed by atoms with Gasteiger partial charge >= 0.3 is 0 Å². The Morgan fingerprint density at radius 1 is 1.19 bits per heavy atom. The summed E-state index contributed by atoms with van der Waals surface area (Å²) in [6.07, 6.45) is 1.64. The fourth-order valence-corrected chi connectivity index (χ4v) is 3.91. The van der Waals surface area contributed by atoms with Gasteiger partial charge in [0.15, 0.2) is 0 Å². The van der Waals surface area contributed by atoms with E-state index in [4.69, 9.17) is 27.7 Å². The number of hydrogen-bond acceptors (Lipinski definition) is 4. The van der Waals surface area contributed by atoms with Crippen molar-refractivity contribution in [1.82, 2.24) is 15.0 Å². The summed E-state index contributed by atoms with van der Waals surface area (Å²) in [6, 6.07) is 12.5. The molecule has 1 amide bonds. The van der Waals surface area contributed by atoms with E-state index < -0.39 is 0 Å². The molecular weight excluding hydrogens is 385 g/mol. The van der Waals surface area contributed by atoms with Crippen LogP contribution in [0.1, 0.15) is 40.7 Å². The molecule has 1 fully saturated rings. The Balaban J connectivity index is 1.61. The van der Waals surface area contributed by atoms with Crippen molar-refractivity contribution in [2.24, 2.45) is 0 Å². The van der Waals surface area contributed by atoms with Crippen LogP contribution in [-0.2, 0) is 0 Å². The van der Waals surface area contributed by atoms with E-state index in [0.29, 0.717) is 33.9 Å². The Hall–Kier alpha value is -2.37. The van der Waals surface area contributed by atoms with Crippen LogP contribution in [0.4, 0.5) is 0 Å². The highest BCUT2D eigenvalue weighted by Crippen LogP contribution is 2.34. The first-order valence-electron chi connectivity index (χ1n) is 8.69. The second-order valence-electron chi connectivity index (χ2n) is 6.64. The molecule has 0 bridgehead atoms. The van der Waals surface area contributed by atoms with Crippen LogP contribution in [0.25, 0.3) is 11.4 Å². The molecule has 0 spiro atoms. The fourth-order valence-electron chi connectivity index (χ4n) is 3.38. The van der Waals surface area contributed by atoms with Crippen LogP contribution in [0, 0.1) is 6.92 Å². The summed E-state index contributed by atoms with van der Waals surface area (Å²) in [5.74, 6) is 0.835. The summed E-state index contributed by atoms with van der Waals surface area (Å²) in [6.45, 7) is 2.63. The fraction of sp³-hybridized carbons (Fsp3) is 0.250. The zero-order valence-electron chi connectivity index (χ0n) is 14.7. The van der Waals surface area contributed by atoms with E-state index in [0.717, 1.165) is 24.0 Å². The number of carbonyl (C=O) groups is 1. The molecule has 0 radical (unpaired) electrons. The Kier molecular flexibility index (Phi) is 4.89. The maximum atomic E-state index is 13.0. The third kappa shape index (κ3) is 3.70. The minimum atomic E-state index is -0.249. The van der Waals surface area contributed by atoms with Crippen LogP contribution in [0.3, 0.4) is 0 Å². The highest BCUT2D eigenvalue weighted by molar-refractivity contribution is 6.35. The average molecular weight is 402 g/mol.